The summed E-state index contributed by atoms with van der Waals surface area (Å²) in [7, 11) is 0. The van der Waals surface area contributed by atoms with E-state index < -0.39 is 0 Å². The summed E-state index contributed by atoms with van der Waals surface area (Å²) in [5.74, 6) is 7.57. The van der Waals surface area contributed by atoms with Gasteiger partial charge < -0.3 is 0 Å². The van der Waals surface area contributed by atoms with E-state index in [-0.39, 0.29) is 0 Å². The van der Waals surface area contributed by atoms with E-state index in [4.69, 9.17) is 0 Å². The zero-order valence-electron chi connectivity index (χ0n) is 21.5. The van der Waals surface area contributed by atoms with Gasteiger partial charge >= 0.3 is 0 Å². The second kappa shape index (κ2) is 8.59. The summed E-state index contributed by atoms with van der Waals surface area (Å²) < 4.78 is 0. The molecule has 172 valence electrons. The molecule has 0 radical (unpaired) electrons. The predicted octanol–water partition coefficient (Wildman–Crippen LogP) is 9.30. The quantitative estimate of drug-likeness (QED) is 0.381. The van der Waals surface area contributed by atoms with Crippen LogP contribution in [0, 0.1) is 58.2 Å². The van der Waals surface area contributed by atoms with Gasteiger partial charge in [0.2, 0.25) is 0 Å². The van der Waals surface area contributed by atoms with Crippen LogP contribution in [-0.4, -0.2) is 0 Å². The lowest BCUT2D eigenvalue weighted by molar-refractivity contribution is -0.0538. The van der Waals surface area contributed by atoms with Crippen molar-refractivity contribution in [2.45, 2.75) is 119 Å². The SMILES string of the molecule is CC(C)CCC[C@@H](C)[C@H]1CC[C@H]2[C@@H]3CC=C4C[C@@H](C(C)C)CC[C@]4(C)[C@H]3CCC12C. The van der Waals surface area contributed by atoms with Crippen molar-refractivity contribution < 1.29 is 0 Å². The minimum atomic E-state index is 0.538. The van der Waals surface area contributed by atoms with E-state index in [9.17, 15) is 0 Å². The fourth-order valence-corrected chi connectivity index (χ4v) is 9.28. The molecule has 4 aliphatic carbocycles. The molecule has 0 saturated heterocycles. The maximum absolute atomic E-state index is 2.78. The first-order valence-corrected chi connectivity index (χ1v) is 13.9. The van der Waals surface area contributed by atoms with E-state index in [1.807, 2.05) is 5.57 Å². The summed E-state index contributed by atoms with van der Waals surface area (Å²) >= 11 is 0. The highest BCUT2D eigenvalue weighted by Gasteiger charge is 2.59. The smallest absolute Gasteiger partial charge is 0.00851 e. The van der Waals surface area contributed by atoms with Crippen LogP contribution in [0.4, 0.5) is 0 Å². The van der Waals surface area contributed by atoms with Gasteiger partial charge in [-0.05, 0) is 110 Å². The van der Waals surface area contributed by atoms with Gasteiger partial charge in [-0.15, -0.1) is 0 Å². The lowest BCUT2D eigenvalue weighted by Crippen LogP contribution is -2.50. The average Bonchev–Trinajstić information content (AvgIpc) is 3.04. The lowest BCUT2D eigenvalue weighted by atomic mass is 9.46. The minimum Gasteiger partial charge on any atom is -0.0845 e. The fraction of sp³-hybridized carbons (Fsp3) is 0.933. The van der Waals surface area contributed by atoms with Crippen molar-refractivity contribution in [2.75, 3.05) is 0 Å². The number of hydrogen-bond donors (Lipinski definition) is 0. The third-order valence-corrected chi connectivity index (χ3v) is 11.3. The Balaban J connectivity index is 1.48. The van der Waals surface area contributed by atoms with E-state index in [1.54, 1.807) is 0 Å². The molecular formula is C30H52. The zero-order chi connectivity index (χ0) is 21.7. The molecule has 0 spiro atoms. The molecule has 8 atom stereocenters. The Labute approximate surface area is 189 Å². The molecule has 4 rings (SSSR count). The summed E-state index contributed by atoms with van der Waals surface area (Å²) in [4.78, 5) is 0. The van der Waals surface area contributed by atoms with Crippen LogP contribution >= 0.6 is 0 Å². The molecule has 30 heavy (non-hydrogen) atoms. The molecule has 1 unspecified atom stereocenters. The number of fused-ring (bicyclic) bond motifs is 5. The van der Waals surface area contributed by atoms with Gasteiger partial charge in [0.15, 0.2) is 0 Å². The monoisotopic (exact) mass is 412 g/mol. The van der Waals surface area contributed by atoms with Crippen LogP contribution in [-0.2, 0) is 0 Å². The molecule has 0 nitrogen and oxygen atoms in total. The van der Waals surface area contributed by atoms with Gasteiger partial charge in [-0.3, -0.25) is 0 Å². The second-order valence-corrected chi connectivity index (χ2v) is 13.5. The van der Waals surface area contributed by atoms with Crippen LogP contribution < -0.4 is 0 Å². The maximum Gasteiger partial charge on any atom is -0.00851 e. The molecule has 4 aliphatic rings. The first kappa shape index (κ1) is 22.9. The number of hydrogen-bond acceptors (Lipinski definition) is 0. The molecule has 3 saturated carbocycles. The minimum absolute atomic E-state index is 0.538. The third kappa shape index (κ3) is 3.85. The van der Waals surface area contributed by atoms with E-state index >= 15 is 0 Å². The van der Waals surface area contributed by atoms with E-state index in [0.717, 1.165) is 47.3 Å². The molecule has 3 fully saturated rings. The van der Waals surface area contributed by atoms with Crippen molar-refractivity contribution >= 4 is 0 Å². The second-order valence-electron chi connectivity index (χ2n) is 13.5. The third-order valence-electron chi connectivity index (χ3n) is 11.3. The Kier molecular flexibility index (Phi) is 6.56. The Morgan fingerprint density at radius 1 is 0.900 bits per heavy atom. The van der Waals surface area contributed by atoms with Crippen LogP contribution in [0.3, 0.4) is 0 Å². The highest BCUT2D eigenvalue weighted by atomic mass is 14.6. The van der Waals surface area contributed by atoms with Gasteiger partial charge in [-0.2, -0.15) is 0 Å². The van der Waals surface area contributed by atoms with Crippen molar-refractivity contribution in [3.05, 3.63) is 11.6 Å². The van der Waals surface area contributed by atoms with Gasteiger partial charge in [0, 0.05) is 0 Å². The highest BCUT2D eigenvalue weighted by Crippen LogP contribution is 2.67. The van der Waals surface area contributed by atoms with E-state index in [0.29, 0.717) is 10.8 Å². The van der Waals surface area contributed by atoms with Gasteiger partial charge in [-0.1, -0.05) is 79.4 Å². The van der Waals surface area contributed by atoms with Crippen molar-refractivity contribution in [1.29, 1.82) is 0 Å². The molecule has 0 heterocycles. The lowest BCUT2D eigenvalue weighted by Gasteiger charge is -2.59. The van der Waals surface area contributed by atoms with Crippen LogP contribution in [0.1, 0.15) is 119 Å². The zero-order valence-corrected chi connectivity index (χ0v) is 21.5. The van der Waals surface area contributed by atoms with Crippen LogP contribution in [0.15, 0.2) is 11.6 Å². The Morgan fingerprint density at radius 2 is 1.67 bits per heavy atom. The first-order valence-electron chi connectivity index (χ1n) is 13.9. The van der Waals surface area contributed by atoms with Crippen molar-refractivity contribution in [1.82, 2.24) is 0 Å². The largest absolute Gasteiger partial charge is 0.0845 e. The molecule has 0 N–H and O–H groups in total. The Morgan fingerprint density at radius 3 is 2.37 bits per heavy atom. The Hall–Kier alpha value is -0.260. The standard InChI is InChI=1S/C30H52/c1-20(2)9-8-10-22(5)26-13-14-27-25-12-11-24-19-23(21(3)4)15-17-29(24,6)28(25)16-18-30(26,27)7/h11,20-23,25-28H,8-10,12-19H2,1-7H3/t22-,23+,25+,26-,27+,28+,29+,30?/m1/s1. The van der Waals surface area contributed by atoms with Crippen LogP contribution in [0.25, 0.3) is 0 Å². The van der Waals surface area contributed by atoms with Crippen molar-refractivity contribution in [2.24, 2.45) is 58.2 Å². The highest BCUT2D eigenvalue weighted by molar-refractivity contribution is 5.25. The van der Waals surface area contributed by atoms with Crippen molar-refractivity contribution in [3.63, 3.8) is 0 Å². The average molecular weight is 413 g/mol. The summed E-state index contributed by atoms with van der Waals surface area (Å²) in [6, 6.07) is 0. The summed E-state index contributed by atoms with van der Waals surface area (Å²) in [6.07, 6.45) is 19.0. The maximum atomic E-state index is 2.78. The van der Waals surface area contributed by atoms with Gasteiger partial charge in [0.25, 0.3) is 0 Å². The topological polar surface area (TPSA) is 0 Å². The summed E-state index contributed by atoms with van der Waals surface area (Å²) in [5.41, 5.74) is 3.06. The molecule has 0 aromatic heterocycles. The van der Waals surface area contributed by atoms with Crippen molar-refractivity contribution in [3.8, 4) is 0 Å². The summed E-state index contributed by atoms with van der Waals surface area (Å²) in [6.45, 7) is 17.7. The van der Waals surface area contributed by atoms with Gasteiger partial charge in [-0.25, -0.2) is 0 Å². The molecule has 0 bridgehead atoms. The molecule has 0 aromatic carbocycles. The van der Waals surface area contributed by atoms with Gasteiger partial charge in [0.1, 0.15) is 0 Å². The number of allylic oxidation sites excluding steroid dienone is 2. The predicted molar refractivity (Wildman–Crippen MR) is 131 cm³/mol. The fourth-order valence-electron chi connectivity index (χ4n) is 9.28. The molecule has 0 amide bonds. The number of rotatable bonds is 6. The molecule has 0 aliphatic heterocycles. The van der Waals surface area contributed by atoms with E-state index in [2.05, 4.69) is 54.5 Å². The van der Waals surface area contributed by atoms with Crippen LogP contribution in [0.5, 0.6) is 0 Å². The molecule has 0 heteroatoms. The van der Waals surface area contributed by atoms with Gasteiger partial charge in [0.05, 0.1) is 0 Å². The van der Waals surface area contributed by atoms with E-state index in [1.165, 1.54) is 70.6 Å². The first-order chi connectivity index (χ1) is 14.2. The molecule has 0 aromatic rings. The van der Waals surface area contributed by atoms with Crippen LogP contribution in [0.2, 0.25) is 0 Å². The Bertz CT molecular complexity index is 626. The molecular weight excluding hydrogens is 360 g/mol. The summed E-state index contributed by atoms with van der Waals surface area (Å²) in [5, 5.41) is 0. The normalized spacial score (nSPS) is 44.4.